The standard InChI is InChI=1S/C23H30N6O/c1-15-5-7-19(17(3)13-15)25-22-26-21(24)27-23(28-9-11-30-12-10-28)29(22)20-8-6-16(2)14-18(20)4/h5-8,13-14,22,25H,9-12H2,1-4H3,(H2,24,26). The predicted molar refractivity (Wildman–Crippen MR) is 123 cm³/mol. The Bertz CT molecular complexity index is 993. The first kappa shape index (κ1) is 20.2. The van der Waals surface area contributed by atoms with E-state index in [0.717, 1.165) is 30.4 Å². The van der Waals surface area contributed by atoms with E-state index in [1.807, 2.05) is 0 Å². The molecule has 0 aliphatic carbocycles. The first-order valence-electron chi connectivity index (χ1n) is 10.4. The lowest BCUT2D eigenvalue weighted by Crippen LogP contribution is -2.57. The van der Waals surface area contributed by atoms with Crippen LogP contribution in [0, 0.1) is 27.7 Å². The number of morpholine rings is 1. The summed E-state index contributed by atoms with van der Waals surface area (Å²) < 4.78 is 5.55. The second-order valence-corrected chi connectivity index (χ2v) is 7.99. The maximum atomic E-state index is 6.18. The van der Waals surface area contributed by atoms with Crippen molar-refractivity contribution in [3.05, 3.63) is 58.7 Å². The van der Waals surface area contributed by atoms with Gasteiger partial charge in [-0.3, -0.25) is 4.90 Å². The van der Waals surface area contributed by atoms with Crippen molar-refractivity contribution in [2.75, 3.05) is 36.5 Å². The molecule has 2 aromatic carbocycles. The smallest absolute Gasteiger partial charge is 0.222 e. The van der Waals surface area contributed by atoms with Gasteiger partial charge in [-0.2, -0.15) is 4.99 Å². The van der Waals surface area contributed by atoms with Gasteiger partial charge in [0.15, 0.2) is 0 Å². The zero-order valence-electron chi connectivity index (χ0n) is 18.1. The molecule has 0 aromatic heterocycles. The molecule has 2 aliphatic rings. The Morgan fingerprint density at radius 3 is 2.30 bits per heavy atom. The van der Waals surface area contributed by atoms with Crippen molar-refractivity contribution in [3.63, 3.8) is 0 Å². The molecule has 3 N–H and O–H groups in total. The number of guanidine groups is 2. The Labute approximate surface area is 178 Å². The van der Waals surface area contributed by atoms with Crippen molar-refractivity contribution in [2.45, 2.75) is 34.0 Å². The minimum absolute atomic E-state index is 0.278. The summed E-state index contributed by atoms with van der Waals surface area (Å²) in [7, 11) is 0. The average Bonchev–Trinajstić information content (AvgIpc) is 2.71. The summed E-state index contributed by atoms with van der Waals surface area (Å²) in [6.45, 7) is 11.3. The minimum Gasteiger partial charge on any atom is -0.378 e. The van der Waals surface area contributed by atoms with E-state index in [1.165, 1.54) is 22.3 Å². The van der Waals surface area contributed by atoms with Crippen molar-refractivity contribution in [3.8, 4) is 0 Å². The molecule has 7 heteroatoms. The largest absolute Gasteiger partial charge is 0.378 e. The number of ether oxygens (including phenoxy) is 1. The molecule has 1 fully saturated rings. The number of aryl methyl sites for hydroxylation is 4. The zero-order valence-corrected chi connectivity index (χ0v) is 18.1. The first-order valence-corrected chi connectivity index (χ1v) is 10.4. The lowest BCUT2D eigenvalue weighted by molar-refractivity contribution is 0.0671. The molecule has 1 saturated heterocycles. The number of nitrogens with two attached hydrogens (primary N) is 1. The highest BCUT2D eigenvalue weighted by Gasteiger charge is 2.33. The number of nitrogens with one attached hydrogen (secondary N) is 1. The molecule has 2 aliphatic heterocycles. The monoisotopic (exact) mass is 406 g/mol. The summed E-state index contributed by atoms with van der Waals surface area (Å²) in [5.41, 5.74) is 13.0. The molecule has 7 nitrogen and oxygen atoms in total. The Balaban J connectivity index is 1.77. The van der Waals surface area contributed by atoms with Crippen molar-refractivity contribution >= 4 is 23.3 Å². The topological polar surface area (TPSA) is 78.5 Å². The third-order valence-corrected chi connectivity index (χ3v) is 5.50. The average molecular weight is 407 g/mol. The Morgan fingerprint density at radius 1 is 0.967 bits per heavy atom. The molecule has 0 amide bonds. The second-order valence-electron chi connectivity index (χ2n) is 7.99. The van der Waals surface area contributed by atoms with E-state index in [9.17, 15) is 0 Å². The summed E-state index contributed by atoms with van der Waals surface area (Å²) in [6.07, 6.45) is -0.400. The number of benzene rings is 2. The number of aliphatic imine (C=N–C) groups is 2. The van der Waals surface area contributed by atoms with E-state index in [2.05, 4.69) is 89.2 Å². The third kappa shape index (κ3) is 4.11. The van der Waals surface area contributed by atoms with Crippen LogP contribution in [-0.2, 0) is 4.74 Å². The Kier molecular flexibility index (Phi) is 5.63. The van der Waals surface area contributed by atoms with E-state index in [-0.39, 0.29) is 5.96 Å². The summed E-state index contributed by atoms with van der Waals surface area (Å²) >= 11 is 0. The fourth-order valence-corrected chi connectivity index (χ4v) is 3.99. The van der Waals surface area contributed by atoms with Crippen LogP contribution in [0.2, 0.25) is 0 Å². The Morgan fingerprint density at radius 2 is 1.63 bits per heavy atom. The van der Waals surface area contributed by atoms with E-state index >= 15 is 0 Å². The van der Waals surface area contributed by atoms with Crippen LogP contribution in [0.4, 0.5) is 11.4 Å². The molecule has 158 valence electrons. The number of hydrogen-bond donors (Lipinski definition) is 2. The van der Waals surface area contributed by atoms with E-state index in [1.54, 1.807) is 0 Å². The second kappa shape index (κ2) is 8.36. The van der Waals surface area contributed by atoms with E-state index in [0.29, 0.717) is 13.2 Å². The fraction of sp³-hybridized carbons (Fsp3) is 0.391. The van der Waals surface area contributed by atoms with Crippen LogP contribution in [0.1, 0.15) is 22.3 Å². The van der Waals surface area contributed by atoms with Crippen LogP contribution in [0.3, 0.4) is 0 Å². The van der Waals surface area contributed by atoms with Crippen molar-refractivity contribution in [2.24, 2.45) is 15.7 Å². The number of nitrogens with zero attached hydrogens (tertiary/aromatic N) is 4. The molecule has 2 aromatic rings. The number of anilines is 2. The molecule has 1 unspecified atom stereocenters. The summed E-state index contributed by atoms with van der Waals surface area (Å²) in [6, 6.07) is 12.8. The van der Waals surface area contributed by atoms with Crippen LogP contribution in [0.15, 0.2) is 46.4 Å². The summed E-state index contributed by atoms with van der Waals surface area (Å²) in [4.78, 5) is 13.7. The van der Waals surface area contributed by atoms with Gasteiger partial charge in [0.2, 0.25) is 18.2 Å². The molecule has 0 saturated carbocycles. The van der Waals surface area contributed by atoms with Crippen LogP contribution >= 0.6 is 0 Å². The fourth-order valence-electron chi connectivity index (χ4n) is 3.99. The first-order chi connectivity index (χ1) is 14.4. The Hall–Kier alpha value is -3.06. The van der Waals surface area contributed by atoms with E-state index in [4.69, 9.17) is 10.5 Å². The van der Waals surface area contributed by atoms with Gasteiger partial charge in [-0.15, -0.1) is 0 Å². The maximum absolute atomic E-state index is 6.18. The number of hydrogen-bond acceptors (Lipinski definition) is 7. The number of rotatable bonds is 3. The van der Waals surface area contributed by atoms with Gasteiger partial charge in [0.1, 0.15) is 0 Å². The van der Waals surface area contributed by atoms with Crippen LogP contribution in [0.25, 0.3) is 0 Å². The summed E-state index contributed by atoms with van der Waals surface area (Å²) in [5.74, 6) is 1.08. The van der Waals surface area contributed by atoms with Crippen LogP contribution < -0.4 is 16.0 Å². The van der Waals surface area contributed by atoms with Gasteiger partial charge in [-0.25, -0.2) is 4.99 Å². The molecule has 2 heterocycles. The highest BCUT2D eigenvalue weighted by atomic mass is 16.5. The highest BCUT2D eigenvalue weighted by molar-refractivity contribution is 6.06. The van der Waals surface area contributed by atoms with Crippen molar-refractivity contribution in [1.29, 1.82) is 0 Å². The quantitative estimate of drug-likeness (QED) is 0.819. The molecule has 0 spiro atoms. The van der Waals surface area contributed by atoms with Gasteiger partial charge in [-0.1, -0.05) is 35.4 Å². The third-order valence-electron chi connectivity index (χ3n) is 5.50. The molecular formula is C23H30N6O. The molecule has 30 heavy (non-hydrogen) atoms. The predicted octanol–water partition coefficient (Wildman–Crippen LogP) is 3.14. The van der Waals surface area contributed by atoms with Gasteiger partial charge in [0.25, 0.3) is 0 Å². The molecule has 1 atom stereocenters. The van der Waals surface area contributed by atoms with E-state index < -0.39 is 6.29 Å². The molecule has 4 rings (SSSR count). The lowest BCUT2D eigenvalue weighted by atomic mass is 10.1. The van der Waals surface area contributed by atoms with Gasteiger partial charge >= 0.3 is 0 Å². The molecule has 0 radical (unpaired) electrons. The van der Waals surface area contributed by atoms with Gasteiger partial charge in [0, 0.05) is 18.8 Å². The van der Waals surface area contributed by atoms with Crippen molar-refractivity contribution in [1.82, 2.24) is 4.90 Å². The molecular weight excluding hydrogens is 376 g/mol. The van der Waals surface area contributed by atoms with Gasteiger partial charge in [-0.05, 0) is 51.0 Å². The van der Waals surface area contributed by atoms with Crippen LogP contribution in [-0.4, -0.2) is 49.4 Å². The lowest BCUT2D eigenvalue weighted by Gasteiger charge is -2.41. The van der Waals surface area contributed by atoms with Crippen molar-refractivity contribution < 1.29 is 4.74 Å². The summed E-state index contributed by atoms with van der Waals surface area (Å²) in [5, 5.41) is 3.59. The SMILES string of the molecule is Cc1ccc(NC2N=C(N)N=C(N3CCOCC3)N2c2ccc(C)cc2C)c(C)c1. The van der Waals surface area contributed by atoms with Crippen LogP contribution in [0.5, 0.6) is 0 Å². The highest BCUT2D eigenvalue weighted by Crippen LogP contribution is 2.29. The molecule has 0 bridgehead atoms. The van der Waals surface area contributed by atoms with Gasteiger partial charge in [0.05, 0.1) is 18.9 Å². The normalized spacial score (nSPS) is 19.4. The zero-order chi connectivity index (χ0) is 21.3. The maximum Gasteiger partial charge on any atom is 0.222 e. The van der Waals surface area contributed by atoms with Gasteiger partial charge < -0.3 is 20.7 Å². The minimum atomic E-state index is -0.400.